The van der Waals surface area contributed by atoms with Crippen LogP contribution in [0.3, 0.4) is 0 Å². The molecule has 0 unspecified atom stereocenters. The van der Waals surface area contributed by atoms with Gasteiger partial charge in [0.2, 0.25) is 5.91 Å². The Morgan fingerprint density at radius 1 is 1.56 bits per heavy atom. The smallest absolute Gasteiger partial charge is 0.220 e. The minimum absolute atomic E-state index is 0.157. The zero-order valence-corrected chi connectivity index (χ0v) is 9.20. The number of nitrogens with one attached hydrogen (secondary N) is 3. The van der Waals surface area contributed by atoms with Crippen molar-refractivity contribution in [2.45, 2.75) is 19.3 Å². The Labute approximate surface area is 94.2 Å². The van der Waals surface area contributed by atoms with E-state index in [1.807, 2.05) is 0 Å². The van der Waals surface area contributed by atoms with Gasteiger partial charge in [0.05, 0.1) is 0 Å². The first-order valence-electron chi connectivity index (χ1n) is 5.66. The number of aromatic amines is 1. The third-order valence-corrected chi connectivity index (χ3v) is 2.72. The number of H-pyrrole nitrogens is 1. The van der Waals surface area contributed by atoms with Crippen molar-refractivity contribution >= 4 is 5.91 Å². The highest BCUT2D eigenvalue weighted by Crippen LogP contribution is 2.07. The van der Waals surface area contributed by atoms with E-state index in [2.05, 4.69) is 25.8 Å². The molecule has 16 heavy (non-hydrogen) atoms. The Hall–Kier alpha value is -1.43. The number of nitrogens with zero attached hydrogens (tertiary/aromatic N) is 2. The van der Waals surface area contributed by atoms with Crippen LogP contribution in [0.15, 0.2) is 6.33 Å². The van der Waals surface area contributed by atoms with Crippen LogP contribution in [0, 0.1) is 5.92 Å². The fourth-order valence-electron chi connectivity index (χ4n) is 1.66. The summed E-state index contributed by atoms with van der Waals surface area (Å²) in [6.07, 6.45) is 3.86. The molecule has 0 spiro atoms. The van der Waals surface area contributed by atoms with Crippen LogP contribution in [-0.2, 0) is 11.2 Å². The highest BCUT2D eigenvalue weighted by atomic mass is 16.1. The second-order valence-corrected chi connectivity index (χ2v) is 4.11. The molecule has 1 aliphatic heterocycles. The third kappa shape index (κ3) is 3.30. The molecule has 1 saturated heterocycles. The van der Waals surface area contributed by atoms with Crippen LogP contribution in [-0.4, -0.2) is 40.7 Å². The molecule has 1 amide bonds. The van der Waals surface area contributed by atoms with Crippen molar-refractivity contribution in [3.63, 3.8) is 0 Å². The average Bonchev–Trinajstić information content (AvgIpc) is 2.71. The van der Waals surface area contributed by atoms with Gasteiger partial charge >= 0.3 is 0 Å². The Kier molecular flexibility index (Phi) is 3.87. The highest BCUT2D eigenvalue weighted by Gasteiger charge is 2.19. The van der Waals surface area contributed by atoms with Gasteiger partial charge in [-0.2, -0.15) is 5.10 Å². The standard InChI is InChI=1S/C10H17N5O/c16-10(4-8-5-11-6-8)12-3-1-2-9-13-7-14-15-9/h7-8,11H,1-6H2,(H,12,16)(H,13,14,15). The maximum atomic E-state index is 11.4. The Morgan fingerprint density at radius 2 is 2.44 bits per heavy atom. The zero-order valence-electron chi connectivity index (χ0n) is 9.20. The molecular weight excluding hydrogens is 206 g/mol. The molecule has 3 N–H and O–H groups in total. The number of aromatic nitrogens is 3. The van der Waals surface area contributed by atoms with Crippen LogP contribution in [0.5, 0.6) is 0 Å². The molecule has 88 valence electrons. The van der Waals surface area contributed by atoms with Crippen molar-refractivity contribution in [2.24, 2.45) is 5.92 Å². The molecule has 0 aliphatic carbocycles. The van der Waals surface area contributed by atoms with Crippen molar-refractivity contribution in [2.75, 3.05) is 19.6 Å². The predicted octanol–water partition coefficient (Wildman–Crippen LogP) is -0.537. The van der Waals surface area contributed by atoms with E-state index in [0.29, 0.717) is 18.9 Å². The number of amides is 1. The third-order valence-electron chi connectivity index (χ3n) is 2.72. The van der Waals surface area contributed by atoms with Crippen molar-refractivity contribution < 1.29 is 4.79 Å². The minimum atomic E-state index is 0.157. The number of carbonyl (C=O) groups is 1. The molecular formula is C10H17N5O. The molecule has 0 atom stereocenters. The molecule has 0 bridgehead atoms. The molecule has 6 nitrogen and oxygen atoms in total. The van der Waals surface area contributed by atoms with Gasteiger partial charge in [-0.25, -0.2) is 4.98 Å². The van der Waals surface area contributed by atoms with Gasteiger partial charge in [0.25, 0.3) is 0 Å². The molecule has 0 radical (unpaired) electrons. The van der Waals surface area contributed by atoms with Crippen LogP contribution in [0.25, 0.3) is 0 Å². The summed E-state index contributed by atoms with van der Waals surface area (Å²) < 4.78 is 0. The summed E-state index contributed by atoms with van der Waals surface area (Å²) >= 11 is 0. The van der Waals surface area contributed by atoms with Crippen LogP contribution < -0.4 is 10.6 Å². The Bertz CT molecular complexity index is 320. The summed E-state index contributed by atoms with van der Waals surface area (Å²) in [5.41, 5.74) is 0. The van der Waals surface area contributed by atoms with Gasteiger partial charge in [0, 0.05) is 19.4 Å². The molecule has 0 saturated carbocycles. The lowest BCUT2D eigenvalue weighted by Gasteiger charge is -2.26. The Morgan fingerprint density at radius 3 is 3.06 bits per heavy atom. The molecule has 1 aromatic heterocycles. The minimum Gasteiger partial charge on any atom is -0.356 e. The van der Waals surface area contributed by atoms with Gasteiger partial charge in [-0.05, 0) is 25.4 Å². The molecule has 2 heterocycles. The highest BCUT2D eigenvalue weighted by molar-refractivity contribution is 5.76. The molecule has 0 aromatic carbocycles. The lowest BCUT2D eigenvalue weighted by Crippen LogP contribution is -2.44. The molecule has 2 rings (SSSR count). The molecule has 1 fully saturated rings. The first-order valence-corrected chi connectivity index (χ1v) is 5.66. The lowest BCUT2D eigenvalue weighted by molar-refractivity contribution is -0.122. The first-order chi connectivity index (χ1) is 7.84. The van der Waals surface area contributed by atoms with Crippen molar-refractivity contribution in [1.82, 2.24) is 25.8 Å². The van der Waals surface area contributed by atoms with E-state index in [-0.39, 0.29) is 5.91 Å². The molecule has 1 aromatic rings. The summed E-state index contributed by atoms with van der Waals surface area (Å²) in [4.78, 5) is 15.4. The number of hydrogen-bond acceptors (Lipinski definition) is 4. The second kappa shape index (κ2) is 5.60. The molecule has 1 aliphatic rings. The fourth-order valence-corrected chi connectivity index (χ4v) is 1.66. The van der Waals surface area contributed by atoms with E-state index >= 15 is 0 Å². The number of carbonyl (C=O) groups excluding carboxylic acids is 1. The van der Waals surface area contributed by atoms with Crippen molar-refractivity contribution in [1.29, 1.82) is 0 Å². The largest absolute Gasteiger partial charge is 0.356 e. The van der Waals surface area contributed by atoms with Crippen molar-refractivity contribution in [3.8, 4) is 0 Å². The van der Waals surface area contributed by atoms with Gasteiger partial charge in [-0.3, -0.25) is 9.89 Å². The van der Waals surface area contributed by atoms with Crippen molar-refractivity contribution in [3.05, 3.63) is 12.2 Å². The van der Waals surface area contributed by atoms with E-state index in [9.17, 15) is 4.79 Å². The van der Waals surface area contributed by atoms with Crippen LogP contribution >= 0.6 is 0 Å². The normalized spacial score (nSPS) is 15.8. The first kappa shape index (κ1) is 11.1. The summed E-state index contributed by atoms with van der Waals surface area (Å²) in [6.45, 7) is 2.66. The number of aryl methyl sites for hydroxylation is 1. The number of rotatable bonds is 6. The van der Waals surface area contributed by atoms with E-state index in [4.69, 9.17) is 0 Å². The van der Waals surface area contributed by atoms with E-state index in [1.165, 1.54) is 6.33 Å². The Balaban J connectivity index is 1.52. The SMILES string of the molecule is O=C(CC1CNC1)NCCCc1ncn[nH]1. The topological polar surface area (TPSA) is 82.7 Å². The summed E-state index contributed by atoms with van der Waals surface area (Å²) in [5.74, 6) is 1.57. The summed E-state index contributed by atoms with van der Waals surface area (Å²) in [7, 11) is 0. The summed E-state index contributed by atoms with van der Waals surface area (Å²) in [6, 6.07) is 0. The van der Waals surface area contributed by atoms with Gasteiger partial charge < -0.3 is 10.6 Å². The maximum Gasteiger partial charge on any atom is 0.220 e. The van der Waals surface area contributed by atoms with E-state index in [1.54, 1.807) is 0 Å². The van der Waals surface area contributed by atoms with Gasteiger partial charge in [-0.1, -0.05) is 0 Å². The summed E-state index contributed by atoms with van der Waals surface area (Å²) in [5, 5.41) is 12.6. The van der Waals surface area contributed by atoms with Crippen LogP contribution in [0.1, 0.15) is 18.7 Å². The number of hydrogen-bond donors (Lipinski definition) is 3. The average molecular weight is 223 g/mol. The van der Waals surface area contributed by atoms with Gasteiger partial charge in [-0.15, -0.1) is 0 Å². The van der Waals surface area contributed by atoms with E-state index in [0.717, 1.165) is 31.8 Å². The fraction of sp³-hybridized carbons (Fsp3) is 0.700. The van der Waals surface area contributed by atoms with Crippen LogP contribution in [0.4, 0.5) is 0 Å². The van der Waals surface area contributed by atoms with Gasteiger partial charge in [0.1, 0.15) is 12.2 Å². The second-order valence-electron chi connectivity index (χ2n) is 4.11. The zero-order chi connectivity index (χ0) is 11.2. The maximum absolute atomic E-state index is 11.4. The van der Waals surface area contributed by atoms with Gasteiger partial charge in [0.15, 0.2) is 0 Å². The monoisotopic (exact) mass is 223 g/mol. The quantitative estimate of drug-likeness (QED) is 0.566. The predicted molar refractivity (Wildman–Crippen MR) is 58.7 cm³/mol. The molecule has 6 heteroatoms. The lowest BCUT2D eigenvalue weighted by atomic mass is 9.99. The van der Waals surface area contributed by atoms with Crippen LogP contribution in [0.2, 0.25) is 0 Å². The van der Waals surface area contributed by atoms with E-state index < -0.39 is 0 Å².